The molecule has 2 heterocycles. The summed E-state index contributed by atoms with van der Waals surface area (Å²) < 4.78 is 0. The first-order chi connectivity index (χ1) is 7.75. The monoisotopic (exact) mass is 238 g/mol. The first-order valence-corrected chi connectivity index (χ1v) is 6.49. The molecule has 1 aromatic rings. The second-order valence-corrected chi connectivity index (χ2v) is 5.01. The lowest BCUT2D eigenvalue weighted by Crippen LogP contribution is -2.32. The van der Waals surface area contributed by atoms with Gasteiger partial charge >= 0.3 is 0 Å². The number of halogens is 1. The van der Waals surface area contributed by atoms with E-state index in [2.05, 4.69) is 22.9 Å². The molecule has 1 unspecified atom stereocenters. The summed E-state index contributed by atoms with van der Waals surface area (Å²) in [6, 6.07) is 6.54. The van der Waals surface area contributed by atoms with Crippen LogP contribution >= 0.6 is 11.6 Å². The molecular formula is C13H19ClN2. The molecular weight excluding hydrogens is 220 g/mol. The summed E-state index contributed by atoms with van der Waals surface area (Å²) in [5, 5.41) is 0.597. The van der Waals surface area contributed by atoms with Crippen LogP contribution in [0.3, 0.4) is 0 Å². The maximum absolute atomic E-state index is 5.90. The first-order valence-electron chi connectivity index (χ1n) is 6.11. The van der Waals surface area contributed by atoms with E-state index in [1.807, 2.05) is 12.1 Å². The van der Waals surface area contributed by atoms with E-state index in [1.54, 1.807) is 0 Å². The Morgan fingerprint density at radius 2 is 2.25 bits per heavy atom. The zero-order valence-electron chi connectivity index (χ0n) is 9.82. The molecule has 1 aliphatic rings. The molecule has 1 fully saturated rings. The lowest BCUT2D eigenvalue weighted by Gasteiger charge is -2.26. The summed E-state index contributed by atoms with van der Waals surface area (Å²) in [4.78, 5) is 6.88. The number of nitrogens with zero attached hydrogens (tertiary/aromatic N) is 2. The summed E-state index contributed by atoms with van der Waals surface area (Å²) in [5.41, 5.74) is 1.08. The molecule has 0 spiro atoms. The van der Waals surface area contributed by atoms with Crippen molar-refractivity contribution >= 4 is 11.6 Å². The molecule has 2 nitrogen and oxygen atoms in total. The third kappa shape index (κ3) is 3.19. The van der Waals surface area contributed by atoms with Gasteiger partial charge in [-0.1, -0.05) is 30.5 Å². The second kappa shape index (κ2) is 5.65. The SMILES string of the molecule is CC1CCCCCN1Cc1cccc(Cl)n1. The molecule has 0 amide bonds. The van der Waals surface area contributed by atoms with Crippen LogP contribution in [0.4, 0.5) is 0 Å². The third-order valence-electron chi connectivity index (χ3n) is 3.33. The quantitative estimate of drug-likeness (QED) is 0.734. The van der Waals surface area contributed by atoms with Crippen molar-refractivity contribution in [3.8, 4) is 0 Å². The van der Waals surface area contributed by atoms with Gasteiger partial charge in [-0.15, -0.1) is 0 Å². The fourth-order valence-corrected chi connectivity index (χ4v) is 2.50. The highest BCUT2D eigenvalue weighted by Gasteiger charge is 2.17. The van der Waals surface area contributed by atoms with Crippen LogP contribution in [-0.2, 0) is 6.54 Å². The van der Waals surface area contributed by atoms with E-state index in [0.29, 0.717) is 11.2 Å². The molecule has 1 aliphatic heterocycles. The highest BCUT2D eigenvalue weighted by Crippen LogP contribution is 2.18. The summed E-state index contributed by atoms with van der Waals surface area (Å²) in [6.07, 6.45) is 5.34. The minimum absolute atomic E-state index is 0.597. The molecule has 88 valence electrons. The van der Waals surface area contributed by atoms with Gasteiger partial charge in [0.2, 0.25) is 0 Å². The van der Waals surface area contributed by atoms with Crippen molar-refractivity contribution < 1.29 is 0 Å². The van der Waals surface area contributed by atoms with Crippen molar-refractivity contribution in [2.24, 2.45) is 0 Å². The van der Waals surface area contributed by atoms with E-state index in [1.165, 1.54) is 32.2 Å². The van der Waals surface area contributed by atoms with Gasteiger partial charge in [0, 0.05) is 12.6 Å². The standard InChI is InChI=1S/C13H19ClN2/c1-11-6-3-2-4-9-16(11)10-12-7-5-8-13(14)15-12/h5,7-8,11H,2-4,6,9-10H2,1H3. The number of hydrogen-bond acceptors (Lipinski definition) is 2. The van der Waals surface area contributed by atoms with Crippen LogP contribution in [-0.4, -0.2) is 22.5 Å². The predicted octanol–water partition coefficient (Wildman–Crippen LogP) is 3.50. The number of hydrogen-bond donors (Lipinski definition) is 0. The van der Waals surface area contributed by atoms with Gasteiger partial charge in [0.25, 0.3) is 0 Å². The van der Waals surface area contributed by atoms with E-state index < -0.39 is 0 Å². The topological polar surface area (TPSA) is 16.1 Å². The number of aromatic nitrogens is 1. The number of likely N-dealkylation sites (tertiary alicyclic amines) is 1. The van der Waals surface area contributed by atoms with Crippen LogP contribution in [0.1, 0.15) is 38.3 Å². The van der Waals surface area contributed by atoms with Gasteiger partial charge in [-0.05, 0) is 38.4 Å². The van der Waals surface area contributed by atoms with Crippen molar-refractivity contribution in [1.29, 1.82) is 0 Å². The van der Waals surface area contributed by atoms with E-state index in [9.17, 15) is 0 Å². The fraction of sp³-hybridized carbons (Fsp3) is 0.615. The van der Waals surface area contributed by atoms with Gasteiger partial charge in [-0.2, -0.15) is 0 Å². The van der Waals surface area contributed by atoms with Gasteiger partial charge in [-0.25, -0.2) is 4.98 Å². The molecule has 2 rings (SSSR count). The Balaban J connectivity index is 2.02. The van der Waals surface area contributed by atoms with Crippen molar-refractivity contribution in [3.05, 3.63) is 29.0 Å². The molecule has 0 N–H and O–H groups in total. The van der Waals surface area contributed by atoms with Gasteiger partial charge < -0.3 is 0 Å². The second-order valence-electron chi connectivity index (χ2n) is 4.62. The fourth-order valence-electron chi connectivity index (χ4n) is 2.32. The van der Waals surface area contributed by atoms with E-state index in [-0.39, 0.29) is 0 Å². The van der Waals surface area contributed by atoms with Gasteiger partial charge in [0.1, 0.15) is 5.15 Å². The number of pyridine rings is 1. The molecule has 1 aromatic heterocycles. The Morgan fingerprint density at radius 1 is 1.38 bits per heavy atom. The minimum Gasteiger partial charge on any atom is -0.295 e. The van der Waals surface area contributed by atoms with Crippen molar-refractivity contribution in [2.75, 3.05) is 6.54 Å². The Morgan fingerprint density at radius 3 is 3.06 bits per heavy atom. The molecule has 1 atom stereocenters. The van der Waals surface area contributed by atoms with Crippen LogP contribution < -0.4 is 0 Å². The maximum Gasteiger partial charge on any atom is 0.129 e. The molecule has 0 aromatic carbocycles. The summed E-state index contributed by atoms with van der Waals surface area (Å²) in [6.45, 7) is 4.44. The zero-order valence-corrected chi connectivity index (χ0v) is 10.6. The average Bonchev–Trinajstić information content (AvgIpc) is 2.45. The zero-order chi connectivity index (χ0) is 11.4. The van der Waals surface area contributed by atoms with Crippen molar-refractivity contribution in [3.63, 3.8) is 0 Å². The Bertz CT molecular complexity index is 340. The normalized spacial score (nSPS) is 23.0. The van der Waals surface area contributed by atoms with Crippen molar-refractivity contribution in [2.45, 2.75) is 45.2 Å². The Hall–Kier alpha value is -0.600. The molecule has 0 radical (unpaired) electrons. The van der Waals surface area contributed by atoms with E-state index in [4.69, 9.17) is 11.6 Å². The highest BCUT2D eigenvalue weighted by molar-refractivity contribution is 6.29. The molecule has 1 saturated heterocycles. The predicted molar refractivity (Wildman–Crippen MR) is 67.6 cm³/mol. The van der Waals surface area contributed by atoms with Crippen LogP contribution in [0, 0.1) is 0 Å². The largest absolute Gasteiger partial charge is 0.295 e. The van der Waals surface area contributed by atoms with Crippen LogP contribution in [0.2, 0.25) is 5.15 Å². The van der Waals surface area contributed by atoms with Gasteiger partial charge in [0.15, 0.2) is 0 Å². The number of rotatable bonds is 2. The minimum atomic E-state index is 0.597. The molecule has 3 heteroatoms. The first kappa shape index (κ1) is 11.9. The van der Waals surface area contributed by atoms with Crippen LogP contribution in [0.25, 0.3) is 0 Å². The Labute approximate surface area is 103 Å². The molecule has 0 aliphatic carbocycles. The third-order valence-corrected chi connectivity index (χ3v) is 3.54. The maximum atomic E-state index is 5.90. The lowest BCUT2D eigenvalue weighted by molar-refractivity contribution is 0.202. The van der Waals surface area contributed by atoms with Gasteiger partial charge in [-0.3, -0.25) is 4.90 Å². The Kier molecular flexibility index (Phi) is 4.19. The highest BCUT2D eigenvalue weighted by atomic mass is 35.5. The van der Waals surface area contributed by atoms with Crippen LogP contribution in [0.5, 0.6) is 0 Å². The smallest absolute Gasteiger partial charge is 0.129 e. The average molecular weight is 239 g/mol. The van der Waals surface area contributed by atoms with Gasteiger partial charge in [0.05, 0.1) is 5.69 Å². The van der Waals surface area contributed by atoms with E-state index in [0.717, 1.165) is 12.2 Å². The summed E-state index contributed by atoms with van der Waals surface area (Å²) >= 11 is 5.90. The summed E-state index contributed by atoms with van der Waals surface area (Å²) in [7, 11) is 0. The molecule has 0 bridgehead atoms. The summed E-state index contributed by atoms with van der Waals surface area (Å²) in [5.74, 6) is 0. The molecule has 0 saturated carbocycles. The molecule has 16 heavy (non-hydrogen) atoms. The van der Waals surface area contributed by atoms with E-state index >= 15 is 0 Å². The lowest BCUT2D eigenvalue weighted by atomic mass is 10.1. The van der Waals surface area contributed by atoms with Crippen molar-refractivity contribution in [1.82, 2.24) is 9.88 Å². The van der Waals surface area contributed by atoms with Crippen LogP contribution in [0.15, 0.2) is 18.2 Å².